The van der Waals surface area contributed by atoms with E-state index in [2.05, 4.69) is 21.1 Å². The Labute approximate surface area is 115 Å². The molecule has 0 bridgehead atoms. The number of nitrogens with two attached hydrogens (primary N) is 1. The van der Waals surface area contributed by atoms with Gasteiger partial charge in [-0.15, -0.1) is 0 Å². The number of aliphatic imine (C=N–C) groups is 1. The van der Waals surface area contributed by atoms with Gasteiger partial charge in [-0.25, -0.2) is 10.8 Å². The van der Waals surface area contributed by atoms with Gasteiger partial charge in [-0.2, -0.15) is 0 Å². The van der Waals surface area contributed by atoms with Gasteiger partial charge in [-0.05, 0) is 40.5 Å². The predicted octanol–water partition coefficient (Wildman–Crippen LogP) is 0.641. The predicted molar refractivity (Wildman–Crippen MR) is 77.5 cm³/mol. The molecule has 1 atom stereocenters. The van der Waals surface area contributed by atoms with E-state index in [0.29, 0.717) is 12.0 Å². The van der Waals surface area contributed by atoms with E-state index < -0.39 is 0 Å². The molecule has 6 nitrogen and oxygen atoms in total. The SMILES string of the molecule is CC(NC(=NC1CCCC1)NN)C(=O)NC(C)(C)C. The number of hydrazine groups is 1. The molecule has 1 aliphatic carbocycles. The summed E-state index contributed by atoms with van der Waals surface area (Å²) in [7, 11) is 0. The van der Waals surface area contributed by atoms with E-state index in [1.54, 1.807) is 6.92 Å². The highest BCUT2D eigenvalue weighted by Crippen LogP contribution is 2.20. The van der Waals surface area contributed by atoms with Crippen LogP contribution in [0.1, 0.15) is 53.4 Å². The van der Waals surface area contributed by atoms with Crippen molar-refractivity contribution in [2.45, 2.75) is 71.0 Å². The second-order valence-electron chi connectivity index (χ2n) is 6.17. The van der Waals surface area contributed by atoms with E-state index in [9.17, 15) is 4.79 Å². The van der Waals surface area contributed by atoms with Crippen molar-refractivity contribution < 1.29 is 4.79 Å². The van der Waals surface area contributed by atoms with E-state index in [1.165, 1.54) is 12.8 Å². The van der Waals surface area contributed by atoms with Gasteiger partial charge < -0.3 is 10.6 Å². The number of rotatable bonds is 3. The first kappa shape index (κ1) is 15.8. The molecule has 0 aromatic carbocycles. The Bertz CT molecular complexity index is 328. The molecule has 0 heterocycles. The lowest BCUT2D eigenvalue weighted by Crippen LogP contribution is -2.54. The first-order chi connectivity index (χ1) is 8.81. The number of nitrogens with zero attached hydrogens (tertiary/aromatic N) is 1. The standard InChI is InChI=1S/C13H27N5O/c1-9(11(19)17-13(2,3)4)15-12(18-14)16-10-7-5-6-8-10/h9-10H,5-8,14H2,1-4H3,(H,17,19)(H2,15,16,18). The molecule has 0 radical (unpaired) electrons. The number of hydrogen-bond donors (Lipinski definition) is 4. The summed E-state index contributed by atoms with van der Waals surface area (Å²) in [6.45, 7) is 7.65. The lowest BCUT2D eigenvalue weighted by atomic mass is 10.1. The van der Waals surface area contributed by atoms with Gasteiger partial charge >= 0.3 is 0 Å². The van der Waals surface area contributed by atoms with Crippen LogP contribution in [0.3, 0.4) is 0 Å². The third-order valence-electron chi connectivity index (χ3n) is 3.02. The van der Waals surface area contributed by atoms with Crippen molar-refractivity contribution in [2.75, 3.05) is 0 Å². The van der Waals surface area contributed by atoms with Crippen molar-refractivity contribution >= 4 is 11.9 Å². The van der Waals surface area contributed by atoms with Crippen LogP contribution in [0.25, 0.3) is 0 Å². The first-order valence-electron chi connectivity index (χ1n) is 6.95. The second-order valence-corrected chi connectivity index (χ2v) is 6.17. The number of guanidine groups is 1. The summed E-state index contributed by atoms with van der Waals surface area (Å²) in [5, 5.41) is 5.93. The van der Waals surface area contributed by atoms with E-state index in [1.807, 2.05) is 20.8 Å². The number of carbonyl (C=O) groups is 1. The molecule has 1 amide bonds. The molecule has 0 spiro atoms. The van der Waals surface area contributed by atoms with Gasteiger partial charge in [0.05, 0.1) is 6.04 Å². The van der Waals surface area contributed by atoms with Crippen LogP contribution in [0.5, 0.6) is 0 Å². The summed E-state index contributed by atoms with van der Waals surface area (Å²) in [6, 6.07) is -0.0631. The van der Waals surface area contributed by atoms with E-state index in [0.717, 1.165) is 12.8 Å². The van der Waals surface area contributed by atoms with Gasteiger partial charge in [0.1, 0.15) is 6.04 Å². The maximum absolute atomic E-state index is 12.0. The quantitative estimate of drug-likeness (QED) is 0.262. The van der Waals surface area contributed by atoms with Crippen LogP contribution in [0.15, 0.2) is 4.99 Å². The van der Waals surface area contributed by atoms with Gasteiger partial charge in [0.2, 0.25) is 11.9 Å². The van der Waals surface area contributed by atoms with Gasteiger partial charge in [-0.3, -0.25) is 10.2 Å². The first-order valence-corrected chi connectivity index (χ1v) is 6.95. The number of carbonyl (C=O) groups excluding carboxylic acids is 1. The van der Waals surface area contributed by atoms with Crippen LogP contribution in [0, 0.1) is 0 Å². The summed E-state index contributed by atoms with van der Waals surface area (Å²) < 4.78 is 0. The maximum atomic E-state index is 12.0. The van der Waals surface area contributed by atoms with E-state index in [-0.39, 0.29) is 17.5 Å². The van der Waals surface area contributed by atoms with Crippen LogP contribution in [0.4, 0.5) is 0 Å². The van der Waals surface area contributed by atoms with Crippen molar-refractivity contribution in [1.82, 2.24) is 16.1 Å². The minimum absolute atomic E-state index is 0.0677. The Morgan fingerprint density at radius 3 is 2.37 bits per heavy atom. The molecule has 1 unspecified atom stereocenters. The number of nitrogens with one attached hydrogen (secondary N) is 3. The summed E-state index contributed by atoms with van der Waals surface area (Å²) in [6.07, 6.45) is 4.61. The lowest BCUT2D eigenvalue weighted by Gasteiger charge is -2.24. The van der Waals surface area contributed by atoms with E-state index >= 15 is 0 Å². The minimum atomic E-state index is -0.379. The summed E-state index contributed by atoms with van der Waals surface area (Å²) in [5.41, 5.74) is 2.29. The highest BCUT2D eigenvalue weighted by Gasteiger charge is 2.21. The third kappa shape index (κ3) is 5.92. The Balaban J connectivity index is 2.52. The smallest absolute Gasteiger partial charge is 0.242 e. The second kappa shape index (κ2) is 6.75. The van der Waals surface area contributed by atoms with Crippen LogP contribution in [-0.4, -0.2) is 29.5 Å². The molecular weight excluding hydrogens is 242 g/mol. The van der Waals surface area contributed by atoms with Crippen molar-refractivity contribution in [1.29, 1.82) is 0 Å². The monoisotopic (exact) mass is 269 g/mol. The molecule has 1 saturated carbocycles. The molecular formula is C13H27N5O. The summed E-state index contributed by atoms with van der Waals surface area (Å²) in [5.74, 6) is 5.87. The van der Waals surface area contributed by atoms with Crippen molar-refractivity contribution in [2.24, 2.45) is 10.8 Å². The highest BCUT2D eigenvalue weighted by molar-refractivity contribution is 5.88. The third-order valence-corrected chi connectivity index (χ3v) is 3.02. The Morgan fingerprint density at radius 1 is 1.32 bits per heavy atom. The minimum Gasteiger partial charge on any atom is -0.350 e. The zero-order valence-electron chi connectivity index (χ0n) is 12.4. The van der Waals surface area contributed by atoms with Crippen molar-refractivity contribution in [3.63, 3.8) is 0 Å². The molecule has 0 aliphatic heterocycles. The molecule has 0 aromatic heterocycles. The van der Waals surface area contributed by atoms with E-state index in [4.69, 9.17) is 5.84 Å². The van der Waals surface area contributed by atoms with Gasteiger partial charge in [0.25, 0.3) is 0 Å². The molecule has 5 N–H and O–H groups in total. The molecule has 110 valence electrons. The topological polar surface area (TPSA) is 91.5 Å². The number of hydrogen-bond acceptors (Lipinski definition) is 3. The molecule has 1 fully saturated rings. The Morgan fingerprint density at radius 2 is 1.89 bits per heavy atom. The summed E-state index contributed by atoms with van der Waals surface area (Å²) in [4.78, 5) is 16.5. The zero-order valence-corrected chi connectivity index (χ0v) is 12.4. The Kier molecular flexibility index (Phi) is 5.60. The molecule has 1 rings (SSSR count). The Hall–Kier alpha value is -1.30. The highest BCUT2D eigenvalue weighted by atomic mass is 16.2. The fourth-order valence-corrected chi connectivity index (χ4v) is 2.08. The fourth-order valence-electron chi connectivity index (χ4n) is 2.08. The van der Waals surface area contributed by atoms with Crippen molar-refractivity contribution in [3.8, 4) is 0 Å². The molecule has 6 heteroatoms. The van der Waals surface area contributed by atoms with Crippen LogP contribution < -0.4 is 21.9 Å². The van der Waals surface area contributed by atoms with Crippen LogP contribution in [-0.2, 0) is 4.79 Å². The van der Waals surface area contributed by atoms with Gasteiger partial charge in [0, 0.05) is 5.54 Å². The van der Waals surface area contributed by atoms with Crippen LogP contribution in [0.2, 0.25) is 0 Å². The molecule has 0 saturated heterocycles. The molecule has 1 aliphatic rings. The summed E-state index contributed by atoms with van der Waals surface area (Å²) >= 11 is 0. The maximum Gasteiger partial charge on any atom is 0.242 e. The largest absolute Gasteiger partial charge is 0.350 e. The van der Waals surface area contributed by atoms with Crippen molar-refractivity contribution in [3.05, 3.63) is 0 Å². The van der Waals surface area contributed by atoms with Crippen LogP contribution >= 0.6 is 0 Å². The van der Waals surface area contributed by atoms with Gasteiger partial charge in [-0.1, -0.05) is 12.8 Å². The average Bonchev–Trinajstić information content (AvgIpc) is 2.78. The van der Waals surface area contributed by atoms with Gasteiger partial charge in [0.15, 0.2) is 0 Å². The number of amides is 1. The molecule has 0 aromatic rings. The fraction of sp³-hybridized carbons (Fsp3) is 0.846. The lowest BCUT2D eigenvalue weighted by molar-refractivity contribution is -0.123. The molecule has 19 heavy (non-hydrogen) atoms. The average molecular weight is 269 g/mol. The zero-order chi connectivity index (χ0) is 14.5. The normalized spacial score (nSPS) is 19.1.